The molecular formula is C15H30N2O. The van der Waals surface area contributed by atoms with Gasteiger partial charge in [-0.2, -0.15) is 0 Å². The molecule has 1 N–H and O–H groups in total. The second-order valence-corrected chi connectivity index (χ2v) is 6.79. The van der Waals surface area contributed by atoms with Gasteiger partial charge in [-0.15, -0.1) is 0 Å². The first-order valence-corrected chi connectivity index (χ1v) is 7.73. The maximum Gasteiger partial charge on any atom is 0.0718 e. The van der Waals surface area contributed by atoms with Crippen molar-refractivity contribution in [3.05, 3.63) is 0 Å². The Hall–Kier alpha value is -0.120. The molecule has 2 fully saturated rings. The molecule has 0 amide bonds. The summed E-state index contributed by atoms with van der Waals surface area (Å²) in [6.45, 7) is 9.56. The standard InChI is InChI=1S/C15H30N2O/c1-15(2,18)13-16-9-7-8-14(12-16)17-10-5-3-4-6-11-17/h14,18H,3-13H2,1-2H3. The Kier molecular flexibility index (Phi) is 5.05. The van der Waals surface area contributed by atoms with Gasteiger partial charge in [0.1, 0.15) is 0 Å². The van der Waals surface area contributed by atoms with Crippen LogP contribution < -0.4 is 0 Å². The van der Waals surface area contributed by atoms with Crippen LogP contribution in [0.1, 0.15) is 52.4 Å². The minimum absolute atomic E-state index is 0.555. The van der Waals surface area contributed by atoms with Crippen LogP contribution in [0.2, 0.25) is 0 Å². The molecule has 2 aliphatic heterocycles. The van der Waals surface area contributed by atoms with Crippen LogP contribution in [0.25, 0.3) is 0 Å². The van der Waals surface area contributed by atoms with E-state index < -0.39 is 5.60 Å². The zero-order chi connectivity index (χ0) is 13.0. The van der Waals surface area contributed by atoms with Crippen LogP contribution in [-0.4, -0.2) is 59.3 Å². The van der Waals surface area contributed by atoms with Crippen molar-refractivity contribution in [3.8, 4) is 0 Å². The first-order chi connectivity index (χ1) is 8.54. The third-order valence-corrected chi connectivity index (χ3v) is 4.25. The Balaban J connectivity index is 1.85. The van der Waals surface area contributed by atoms with Crippen LogP contribution in [0, 0.1) is 0 Å². The fourth-order valence-electron chi connectivity index (χ4n) is 3.48. The monoisotopic (exact) mass is 254 g/mol. The molecule has 18 heavy (non-hydrogen) atoms. The lowest BCUT2D eigenvalue weighted by Gasteiger charge is -2.40. The molecule has 0 aromatic heterocycles. The number of nitrogens with zero attached hydrogens (tertiary/aromatic N) is 2. The predicted molar refractivity (Wildman–Crippen MR) is 75.8 cm³/mol. The lowest BCUT2D eigenvalue weighted by Crippen LogP contribution is -2.51. The molecular weight excluding hydrogens is 224 g/mol. The molecule has 1 unspecified atom stereocenters. The second-order valence-electron chi connectivity index (χ2n) is 6.79. The highest BCUT2D eigenvalue weighted by atomic mass is 16.3. The van der Waals surface area contributed by atoms with Gasteiger partial charge in [-0.25, -0.2) is 0 Å². The highest BCUT2D eigenvalue weighted by molar-refractivity contribution is 4.84. The Morgan fingerprint density at radius 2 is 1.67 bits per heavy atom. The topological polar surface area (TPSA) is 26.7 Å². The van der Waals surface area contributed by atoms with Gasteiger partial charge in [-0.1, -0.05) is 12.8 Å². The number of likely N-dealkylation sites (tertiary alicyclic amines) is 2. The number of aliphatic hydroxyl groups is 1. The highest BCUT2D eigenvalue weighted by Gasteiger charge is 2.28. The van der Waals surface area contributed by atoms with Crippen LogP contribution in [0.4, 0.5) is 0 Å². The summed E-state index contributed by atoms with van der Waals surface area (Å²) in [6, 6.07) is 0.735. The summed E-state index contributed by atoms with van der Waals surface area (Å²) in [7, 11) is 0. The largest absolute Gasteiger partial charge is 0.389 e. The fourth-order valence-corrected chi connectivity index (χ4v) is 3.48. The maximum atomic E-state index is 9.96. The van der Waals surface area contributed by atoms with Crippen molar-refractivity contribution in [1.82, 2.24) is 9.80 Å². The quantitative estimate of drug-likeness (QED) is 0.835. The zero-order valence-corrected chi connectivity index (χ0v) is 12.2. The Bertz CT molecular complexity index is 241. The van der Waals surface area contributed by atoms with E-state index in [4.69, 9.17) is 0 Å². The normalized spacial score (nSPS) is 29.2. The van der Waals surface area contributed by atoms with Crippen LogP contribution in [0.5, 0.6) is 0 Å². The maximum absolute atomic E-state index is 9.96. The zero-order valence-electron chi connectivity index (χ0n) is 12.2. The number of β-amino-alcohol motifs (C(OH)–C–C–N with tert-alkyl or cyclic N) is 1. The van der Waals surface area contributed by atoms with Gasteiger partial charge in [-0.05, 0) is 59.2 Å². The van der Waals surface area contributed by atoms with E-state index in [0.29, 0.717) is 0 Å². The lowest BCUT2D eigenvalue weighted by atomic mass is 10.0. The van der Waals surface area contributed by atoms with Crippen LogP contribution in [-0.2, 0) is 0 Å². The molecule has 2 heterocycles. The summed E-state index contributed by atoms with van der Waals surface area (Å²) in [4.78, 5) is 5.17. The van der Waals surface area contributed by atoms with E-state index in [-0.39, 0.29) is 0 Å². The van der Waals surface area contributed by atoms with Gasteiger partial charge in [-0.3, -0.25) is 9.80 Å². The first-order valence-electron chi connectivity index (χ1n) is 7.73. The van der Waals surface area contributed by atoms with E-state index in [1.165, 1.54) is 51.6 Å². The van der Waals surface area contributed by atoms with E-state index in [9.17, 15) is 5.11 Å². The molecule has 0 aromatic rings. The van der Waals surface area contributed by atoms with Gasteiger partial charge in [0.15, 0.2) is 0 Å². The van der Waals surface area contributed by atoms with Crippen molar-refractivity contribution in [2.75, 3.05) is 32.7 Å². The highest BCUT2D eigenvalue weighted by Crippen LogP contribution is 2.21. The van der Waals surface area contributed by atoms with Crippen molar-refractivity contribution in [3.63, 3.8) is 0 Å². The van der Waals surface area contributed by atoms with Crippen molar-refractivity contribution >= 4 is 0 Å². The smallest absolute Gasteiger partial charge is 0.0718 e. The number of hydrogen-bond donors (Lipinski definition) is 1. The molecule has 0 bridgehead atoms. The number of piperidine rings is 1. The molecule has 0 spiro atoms. The molecule has 0 radical (unpaired) electrons. The van der Waals surface area contributed by atoms with Crippen LogP contribution in [0.3, 0.4) is 0 Å². The van der Waals surface area contributed by atoms with Gasteiger partial charge in [0.25, 0.3) is 0 Å². The van der Waals surface area contributed by atoms with Gasteiger partial charge in [0, 0.05) is 19.1 Å². The van der Waals surface area contributed by atoms with E-state index >= 15 is 0 Å². The molecule has 2 aliphatic rings. The average molecular weight is 254 g/mol. The van der Waals surface area contributed by atoms with E-state index in [2.05, 4.69) is 9.80 Å². The van der Waals surface area contributed by atoms with Gasteiger partial charge < -0.3 is 5.11 Å². The third-order valence-electron chi connectivity index (χ3n) is 4.25. The number of rotatable bonds is 3. The molecule has 2 rings (SSSR count). The Morgan fingerprint density at radius 3 is 2.28 bits per heavy atom. The summed E-state index contributed by atoms with van der Waals surface area (Å²) < 4.78 is 0. The molecule has 3 nitrogen and oxygen atoms in total. The van der Waals surface area contributed by atoms with Gasteiger partial charge >= 0.3 is 0 Å². The van der Waals surface area contributed by atoms with Crippen molar-refractivity contribution in [1.29, 1.82) is 0 Å². The predicted octanol–water partition coefficient (Wildman–Crippen LogP) is 2.10. The summed E-state index contributed by atoms with van der Waals surface area (Å²) in [6.07, 6.45) is 8.22. The Labute approximate surface area is 112 Å². The molecule has 1 atom stereocenters. The first kappa shape index (κ1) is 14.3. The van der Waals surface area contributed by atoms with E-state index in [1.807, 2.05) is 13.8 Å². The summed E-state index contributed by atoms with van der Waals surface area (Å²) >= 11 is 0. The SMILES string of the molecule is CC(C)(O)CN1CCCC(N2CCCCCC2)C1. The van der Waals surface area contributed by atoms with Crippen molar-refractivity contribution < 1.29 is 5.11 Å². The van der Waals surface area contributed by atoms with E-state index in [0.717, 1.165) is 25.7 Å². The van der Waals surface area contributed by atoms with Crippen LogP contribution >= 0.6 is 0 Å². The summed E-state index contributed by atoms with van der Waals surface area (Å²) in [5.74, 6) is 0. The van der Waals surface area contributed by atoms with Crippen molar-refractivity contribution in [2.45, 2.75) is 64.0 Å². The Morgan fingerprint density at radius 1 is 1.00 bits per heavy atom. The lowest BCUT2D eigenvalue weighted by molar-refractivity contribution is 0.0118. The summed E-state index contributed by atoms with van der Waals surface area (Å²) in [5.41, 5.74) is -0.555. The third kappa shape index (κ3) is 4.52. The molecule has 106 valence electrons. The van der Waals surface area contributed by atoms with E-state index in [1.54, 1.807) is 0 Å². The minimum Gasteiger partial charge on any atom is -0.389 e. The van der Waals surface area contributed by atoms with Gasteiger partial charge in [0.05, 0.1) is 5.60 Å². The minimum atomic E-state index is -0.555. The molecule has 3 heteroatoms. The summed E-state index contributed by atoms with van der Waals surface area (Å²) in [5, 5.41) is 9.96. The molecule has 0 saturated carbocycles. The van der Waals surface area contributed by atoms with Crippen LogP contribution in [0.15, 0.2) is 0 Å². The second kappa shape index (κ2) is 6.36. The van der Waals surface area contributed by atoms with Crippen molar-refractivity contribution in [2.24, 2.45) is 0 Å². The molecule has 0 aromatic carbocycles. The van der Waals surface area contributed by atoms with Gasteiger partial charge in [0.2, 0.25) is 0 Å². The molecule has 2 saturated heterocycles. The number of hydrogen-bond acceptors (Lipinski definition) is 3. The average Bonchev–Trinajstić information content (AvgIpc) is 2.55. The molecule has 0 aliphatic carbocycles. The fraction of sp³-hybridized carbons (Fsp3) is 1.00.